The van der Waals surface area contributed by atoms with E-state index >= 15 is 0 Å². The molecule has 6 nitrogen and oxygen atoms in total. The average Bonchev–Trinajstić information content (AvgIpc) is 2.47. The van der Waals surface area contributed by atoms with Gasteiger partial charge in [0.25, 0.3) is 11.6 Å². The molecule has 1 N–H and O–H groups in total. The van der Waals surface area contributed by atoms with E-state index in [0.717, 1.165) is 0 Å². The van der Waals surface area contributed by atoms with Gasteiger partial charge in [-0.1, -0.05) is 35.9 Å². The highest BCUT2D eigenvalue weighted by molar-refractivity contribution is 6.30. The number of nitrogens with zero attached hydrogens (tertiary/aromatic N) is 2. The van der Waals surface area contributed by atoms with Gasteiger partial charge in [0.1, 0.15) is 5.56 Å². The number of halogens is 1. The molecule has 0 aromatic heterocycles. The molecule has 0 heterocycles. The van der Waals surface area contributed by atoms with E-state index in [4.69, 9.17) is 11.6 Å². The number of para-hydroxylation sites is 1. The third-order valence-electron chi connectivity index (χ3n) is 2.57. The Labute approximate surface area is 125 Å². The lowest BCUT2D eigenvalue weighted by molar-refractivity contribution is -0.385. The Morgan fingerprint density at radius 1 is 1.24 bits per heavy atom. The molecular formula is C14H10ClN3O3. The van der Waals surface area contributed by atoms with Gasteiger partial charge in [-0.25, -0.2) is 5.43 Å². The van der Waals surface area contributed by atoms with Crippen molar-refractivity contribution in [3.63, 3.8) is 0 Å². The molecule has 0 bridgehead atoms. The van der Waals surface area contributed by atoms with Crippen molar-refractivity contribution in [3.05, 3.63) is 74.8 Å². The van der Waals surface area contributed by atoms with Crippen molar-refractivity contribution in [2.75, 3.05) is 0 Å². The summed E-state index contributed by atoms with van der Waals surface area (Å²) in [5, 5.41) is 15.1. The van der Waals surface area contributed by atoms with Gasteiger partial charge in [-0.15, -0.1) is 0 Å². The number of hydrogen-bond donors (Lipinski definition) is 1. The van der Waals surface area contributed by atoms with Crippen LogP contribution in [0, 0.1) is 10.1 Å². The van der Waals surface area contributed by atoms with Crippen molar-refractivity contribution in [3.8, 4) is 0 Å². The van der Waals surface area contributed by atoms with Crippen LogP contribution in [0.5, 0.6) is 0 Å². The number of nitro groups is 1. The summed E-state index contributed by atoms with van der Waals surface area (Å²) in [4.78, 5) is 22.1. The Bertz CT molecular complexity index is 716. The maximum absolute atomic E-state index is 11.9. The van der Waals surface area contributed by atoms with Crippen molar-refractivity contribution >= 4 is 29.4 Å². The standard InChI is InChI=1S/C14H10ClN3O3/c15-11-5-3-4-10(8-11)9-16-17-14(19)12-6-1-2-7-13(12)18(20)21/h1-9H,(H,17,19). The molecule has 0 unspecified atom stereocenters. The first-order chi connectivity index (χ1) is 10.1. The maximum atomic E-state index is 11.9. The van der Waals surface area contributed by atoms with Gasteiger partial charge < -0.3 is 0 Å². The van der Waals surface area contributed by atoms with Crippen molar-refractivity contribution in [2.24, 2.45) is 5.10 Å². The molecule has 0 aliphatic carbocycles. The summed E-state index contributed by atoms with van der Waals surface area (Å²) in [5.74, 6) is -0.652. The Morgan fingerprint density at radius 3 is 2.71 bits per heavy atom. The molecule has 0 saturated carbocycles. The normalized spacial score (nSPS) is 10.5. The van der Waals surface area contributed by atoms with E-state index in [2.05, 4.69) is 10.5 Å². The van der Waals surface area contributed by atoms with Crippen LogP contribution in [0.4, 0.5) is 5.69 Å². The van der Waals surface area contributed by atoms with Gasteiger partial charge in [-0.3, -0.25) is 14.9 Å². The highest BCUT2D eigenvalue weighted by atomic mass is 35.5. The summed E-state index contributed by atoms with van der Waals surface area (Å²) >= 11 is 5.81. The number of carbonyl (C=O) groups is 1. The molecule has 21 heavy (non-hydrogen) atoms. The van der Waals surface area contributed by atoms with Crippen LogP contribution < -0.4 is 5.43 Å². The summed E-state index contributed by atoms with van der Waals surface area (Å²) in [5.41, 5.74) is 2.62. The van der Waals surface area contributed by atoms with E-state index in [1.165, 1.54) is 24.4 Å². The molecule has 2 aromatic rings. The number of rotatable bonds is 4. The monoisotopic (exact) mass is 303 g/mol. The molecule has 1 amide bonds. The number of nitrogens with one attached hydrogen (secondary N) is 1. The zero-order valence-electron chi connectivity index (χ0n) is 10.7. The average molecular weight is 304 g/mol. The van der Waals surface area contributed by atoms with E-state index < -0.39 is 10.8 Å². The van der Waals surface area contributed by atoms with Crippen LogP contribution in [-0.4, -0.2) is 17.0 Å². The first kappa shape index (κ1) is 14.7. The summed E-state index contributed by atoms with van der Waals surface area (Å²) in [6.45, 7) is 0. The van der Waals surface area contributed by atoms with Gasteiger partial charge in [-0.05, 0) is 23.8 Å². The van der Waals surface area contributed by atoms with Crippen LogP contribution in [0.1, 0.15) is 15.9 Å². The van der Waals surface area contributed by atoms with Gasteiger partial charge >= 0.3 is 0 Å². The lowest BCUT2D eigenvalue weighted by atomic mass is 10.2. The number of benzene rings is 2. The molecule has 0 atom stereocenters. The molecule has 2 aromatic carbocycles. The van der Waals surface area contributed by atoms with Crippen LogP contribution in [0.2, 0.25) is 5.02 Å². The Balaban J connectivity index is 2.11. The summed E-state index contributed by atoms with van der Waals surface area (Å²) in [6, 6.07) is 12.5. The molecule has 0 aliphatic heterocycles. The zero-order valence-corrected chi connectivity index (χ0v) is 11.4. The summed E-state index contributed by atoms with van der Waals surface area (Å²) in [6.07, 6.45) is 1.40. The Hall–Kier alpha value is -2.73. The first-order valence-corrected chi connectivity index (χ1v) is 6.28. The summed E-state index contributed by atoms with van der Waals surface area (Å²) < 4.78 is 0. The van der Waals surface area contributed by atoms with Crippen molar-refractivity contribution in [2.45, 2.75) is 0 Å². The second-order valence-electron chi connectivity index (χ2n) is 4.03. The van der Waals surface area contributed by atoms with Crippen molar-refractivity contribution in [1.82, 2.24) is 5.43 Å². The van der Waals surface area contributed by atoms with Crippen LogP contribution in [0.15, 0.2) is 53.6 Å². The van der Waals surface area contributed by atoms with Crippen LogP contribution >= 0.6 is 11.6 Å². The van der Waals surface area contributed by atoms with Gasteiger partial charge in [0.05, 0.1) is 11.1 Å². The predicted molar refractivity (Wildman–Crippen MR) is 79.6 cm³/mol. The SMILES string of the molecule is O=C(NN=Cc1cccc(Cl)c1)c1ccccc1[N+](=O)[O-]. The quantitative estimate of drug-likeness (QED) is 0.535. The number of hydrogen-bond acceptors (Lipinski definition) is 4. The molecular weight excluding hydrogens is 294 g/mol. The fourth-order valence-electron chi connectivity index (χ4n) is 1.64. The number of amides is 1. The lowest BCUT2D eigenvalue weighted by Crippen LogP contribution is -2.18. The molecule has 0 aliphatic rings. The van der Waals surface area contributed by atoms with Crippen LogP contribution in [-0.2, 0) is 0 Å². The fraction of sp³-hybridized carbons (Fsp3) is 0. The molecule has 0 saturated heterocycles. The van der Waals surface area contributed by atoms with E-state index in [-0.39, 0.29) is 11.3 Å². The minimum atomic E-state index is -0.652. The largest absolute Gasteiger partial charge is 0.282 e. The van der Waals surface area contributed by atoms with Crippen LogP contribution in [0.3, 0.4) is 0 Å². The minimum Gasteiger partial charge on any atom is -0.267 e. The van der Waals surface area contributed by atoms with Crippen LogP contribution in [0.25, 0.3) is 0 Å². The second-order valence-corrected chi connectivity index (χ2v) is 4.46. The molecule has 0 spiro atoms. The van der Waals surface area contributed by atoms with E-state index in [1.807, 2.05) is 0 Å². The maximum Gasteiger partial charge on any atom is 0.282 e. The molecule has 7 heteroatoms. The first-order valence-electron chi connectivity index (χ1n) is 5.90. The molecule has 2 rings (SSSR count). The number of hydrazone groups is 1. The van der Waals surface area contributed by atoms with Gasteiger partial charge in [0.15, 0.2) is 0 Å². The van der Waals surface area contributed by atoms with E-state index in [9.17, 15) is 14.9 Å². The van der Waals surface area contributed by atoms with Gasteiger partial charge in [-0.2, -0.15) is 5.10 Å². The van der Waals surface area contributed by atoms with Gasteiger partial charge in [0, 0.05) is 11.1 Å². The lowest BCUT2D eigenvalue weighted by Gasteiger charge is -2.01. The zero-order chi connectivity index (χ0) is 15.2. The van der Waals surface area contributed by atoms with Gasteiger partial charge in [0.2, 0.25) is 0 Å². The number of nitro benzene ring substituents is 1. The highest BCUT2D eigenvalue weighted by Gasteiger charge is 2.18. The predicted octanol–water partition coefficient (Wildman–Crippen LogP) is 3.01. The second kappa shape index (κ2) is 6.62. The minimum absolute atomic E-state index is 0.0502. The Kier molecular flexibility index (Phi) is 4.63. The summed E-state index contributed by atoms with van der Waals surface area (Å²) in [7, 11) is 0. The molecule has 0 fully saturated rings. The smallest absolute Gasteiger partial charge is 0.267 e. The third kappa shape index (κ3) is 3.87. The van der Waals surface area contributed by atoms with Crippen molar-refractivity contribution < 1.29 is 9.72 Å². The van der Waals surface area contributed by atoms with Crippen molar-refractivity contribution in [1.29, 1.82) is 0 Å². The van der Waals surface area contributed by atoms with E-state index in [0.29, 0.717) is 10.6 Å². The highest BCUT2D eigenvalue weighted by Crippen LogP contribution is 2.17. The third-order valence-corrected chi connectivity index (χ3v) is 2.81. The Morgan fingerprint density at radius 2 is 2.00 bits per heavy atom. The molecule has 0 radical (unpaired) electrons. The molecule has 106 valence electrons. The fourth-order valence-corrected chi connectivity index (χ4v) is 1.84. The van der Waals surface area contributed by atoms with E-state index in [1.54, 1.807) is 30.3 Å². The number of carbonyl (C=O) groups excluding carboxylic acids is 1. The topological polar surface area (TPSA) is 84.6 Å².